The van der Waals surface area contributed by atoms with Crippen LogP contribution in [-0.4, -0.2) is 57.6 Å². The zero-order valence-corrected chi connectivity index (χ0v) is 28.4. The summed E-state index contributed by atoms with van der Waals surface area (Å²) in [5.74, 6) is 0.395. The van der Waals surface area contributed by atoms with E-state index in [2.05, 4.69) is 24.5 Å². The molecule has 0 fully saturated rings. The summed E-state index contributed by atoms with van der Waals surface area (Å²) >= 11 is 1.57. The van der Waals surface area contributed by atoms with Crippen molar-refractivity contribution >= 4 is 35.4 Å². The maximum Gasteiger partial charge on any atom is 0.408 e. The molecule has 3 N–H and O–H groups in total. The van der Waals surface area contributed by atoms with E-state index < -0.39 is 23.8 Å². The lowest BCUT2D eigenvalue weighted by Crippen LogP contribution is -2.55. The van der Waals surface area contributed by atoms with E-state index in [4.69, 9.17) is 4.74 Å². The molecule has 238 valence electrons. The molecule has 2 aromatic carbocycles. The summed E-state index contributed by atoms with van der Waals surface area (Å²) in [5.41, 5.74) is 2.94. The van der Waals surface area contributed by atoms with Crippen LogP contribution in [0.3, 0.4) is 0 Å². The number of nitrogens with zero attached hydrogens (tertiary/aromatic N) is 1. The number of amides is 3. The van der Waals surface area contributed by atoms with Gasteiger partial charge in [-0.2, -0.15) is 11.8 Å². The first-order valence-corrected chi connectivity index (χ1v) is 16.4. The summed E-state index contributed by atoms with van der Waals surface area (Å²) < 4.78 is 5.51. The first-order chi connectivity index (χ1) is 20.0. The van der Waals surface area contributed by atoms with Crippen LogP contribution in [0.1, 0.15) is 89.1 Å². The number of carbonyl (C=O) groups is 3. The summed E-state index contributed by atoms with van der Waals surface area (Å²) in [4.78, 5) is 43.5. The van der Waals surface area contributed by atoms with Gasteiger partial charge in [-0.05, 0) is 120 Å². The Balaban J connectivity index is 2.69. The molecule has 3 amide bonds. The zero-order chi connectivity index (χ0) is 32.5. The van der Waals surface area contributed by atoms with Crippen LogP contribution in [0.4, 0.5) is 10.5 Å². The van der Waals surface area contributed by atoms with Crippen LogP contribution in [0.15, 0.2) is 36.4 Å². The lowest BCUT2D eigenvalue weighted by atomic mass is 9.95. The number of hydrogen-bond acceptors (Lipinski definition) is 6. The molecule has 9 heteroatoms. The van der Waals surface area contributed by atoms with Crippen LogP contribution >= 0.6 is 11.8 Å². The lowest BCUT2D eigenvalue weighted by Gasteiger charge is -2.39. The number of hydrogen-bond donors (Lipinski definition) is 3. The number of benzene rings is 2. The summed E-state index contributed by atoms with van der Waals surface area (Å²) in [6, 6.07) is 8.51. The summed E-state index contributed by atoms with van der Waals surface area (Å²) in [7, 11) is 0. The van der Waals surface area contributed by atoms with Gasteiger partial charge in [-0.3, -0.25) is 9.59 Å². The Bertz CT molecular complexity index is 1240. The van der Waals surface area contributed by atoms with Crippen molar-refractivity contribution in [3.63, 3.8) is 0 Å². The van der Waals surface area contributed by atoms with Crippen LogP contribution in [0.25, 0.3) is 0 Å². The van der Waals surface area contributed by atoms with Gasteiger partial charge in [-0.25, -0.2) is 4.79 Å². The Kier molecular flexibility index (Phi) is 13.4. The van der Waals surface area contributed by atoms with Crippen LogP contribution in [0.2, 0.25) is 0 Å². The van der Waals surface area contributed by atoms with Crippen molar-refractivity contribution in [1.29, 1.82) is 0 Å². The average molecular weight is 614 g/mol. The van der Waals surface area contributed by atoms with E-state index in [9.17, 15) is 19.5 Å². The molecule has 8 nitrogen and oxygen atoms in total. The summed E-state index contributed by atoms with van der Waals surface area (Å²) in [5, 5.41) is 16.2. The molecule has 0 saturated carbocycles. The van der Waals surface area contributed by atoms with Crippen molar-refractivity contribution in [3.8, 4) is 5.75 Å². The van der Waals surface area contributed by atoms with E-state index in [1.165, 1.54) is 0 Å². The number of nitrogens with one attached hydrogen (secondary N) is 2. The zero-order valence-electron chi connectivity index (χ0n) is 27.5. The first kappa shape index (κ1) is 36.0. The maximum atomic E-state index is 14.6. The molecule has 3 atom stereocenters. The number of aryl methyl sites for hydroxylation is 3. The number of aromatic hydroxyl groups is 1. The number of phenols is 1. The number of rotatable bonds is 13. The van der Waals surface area contributed by atoms with Gasteiger partial charge >= 0.3 is 6.09 Å². The Labute approximate surface area is 262 Å². The molecule has 43 heavy (non-hydrogen) atoms. The second kappa shape index (κ2) is 16.0. The van der Waals surface area contributed by atoms with Gasteiger partial charge in [0.05, 0.1) is 0 Å². The number of alkyl carbamates (subject to hydrolysis) is 1. The lowest BCUT2D eigenvalue weighted by molar-refractivity contribution is -0.143. The van der Waals surface area contributed by atoms with Crippen molar-refractivity contribution in [2.24, 2.45) is 5.92 Å². The van der Waals surface area contributed by atoms with Crippen molar-refractivity contribution in [1.82, 2.24) is 10.2 Å². The van der Waals surface area contributed by atoms with Crippen molar-refractivity contribution in [3.05, 3.63) is 58.7 Å². The predicted octanol–water partition coefficient (Wildman–Crippen LogP) is 7.30. The minimum absolute atomic E-state index is 0.104. The molecule has 0 aromatic heterocycles. The number of phenolic OH excluding ortho intramolecular Hbond substituents is 1. The highest BCUT2D eigenvalue weighted by atomic mass is 32.2. The predicted molar refractivity (Wildman–Crippen MR) is 177 cm³/mol. The molecule has 0 aliphatic rings. The fourth-order valence-corrected chi connectivity index (χ4v) is 5.40. The number of thioether (sulfide) groups is 1. The average Bonchev–Trinajstić information content (AvgIpc) is 2.90. The fraction of sp³-hybridized carbons (Fsp3) is 0.559. The fourth-order valence-electron chi connectivity index (χ4n) is 4.93. The van der Waals surface area contributed by atoms with Crippen LogP contribution < -0.4 is 10.6 Å². The molecule has 2 aromatic rings. The van der Waals surface area contributed by atoms with E-state index in [0.717, 1.165) is 17.5 Å². The van der Waals surface area contributed by atoms with Gasteiger partial charge in [0, 0.05) is 11.7 Å². The van der Waals surface area contributed by atoms with E-state index in [-0.39, 0.29) is 23.6 Å². The molecular formula is C34H51N3O5S. The van der Waals surface area contributed by atoms with Crippen LogP contribution in [-0.2, 0) is 14.3 Å². The van der Waals surface area contributed by atoms with Crippen LogP contribution in [0, 0.1) is 26.7 Å². The molecule has 0 saturated heterocycles. The SMILES string of the molecule is CSCCC(NC(=O)OC(C)(C)C)C(=O)N(C(C)CCC(C)C)C(C(=O)Nc1c(C)cccc1C)c1ccc(O)c(C)c1. The Hall–Kier alpha value is -3.20. The minimum atomic E-state index is -1.02. The summed E-state index contributed by atoms with van der Waals surface area (Å²) in [6.45, 7) is 17.1. The van der Waals surface area contributed by atoms with Crippen molar-refractivity contribution in [2.45, 2.75) is 105 Å². The highest BCUT2D eigenvalue weighted by Gasteiger charge is 2.39. The second-order valence-corrected chi connectivity index (χ2v) is 13.7. The second-order valence-electron chi connectivity index (χ2n) is 12.8. The quantitative estimate of drug-likeness (QED) is 0.219. The molecule has 3 unspecified atom stereocenters. The Morgan fingerprint density at radius 3 is 2.12 bits per heavy atom. The van der Waals surface area contributed by atoms with Gasteiger partial charge in [-0.15, -0.1) is 0 Å². The van der Waals surface area contributed by atoms with Gasteiger partial charge in [0.2, 0.25) is 5.91 Å². The van der Waals surface area contributed by atoms with E-state index in [0.29, 0.717) is 41.3 Å². The van der Waals surface area contributed by atoms with E-state index in [1.807, 2.05) is 45.2 Å². The number of para-hydroxylation sites is 1. The topological polar surface area (TPSA) is 108 Å². The highest BCUT2D eigenvalue weighted by molar-refractivity contribution is 7.98. The monoisotopic (exact) mass is 613 g/mol. The molecule has 0 radical (unpaired) electrons. The standard InChI is InChI=1S/C34H51N3O5S/c1-21(2)14-15-25(6)37(32(40)27(18-19-43-10)35-33(41)42-34(7,8)9)30(26-16-17-28(38)24(5)20-26)31(39)36-29-22(3)12-11-13-23(29)4/h11-13,16-17,20-21,25,27,30,38H,14-15,18-19H2,1-10H3,(H,35,41)(H,36,39). The van der Waals surface area contributed by atoms with Gasteiger partial charge in [-0.1, -0.05) is 38.1 Å². The minimum Gasteiger partial charge on any atom is -0.508 e. The van der Waals surface area contributed by atoms with Gasteiger partial charge in [0.15, 0.2) is 0 Å². The molecule has 0 aliphatic heterocycles. The number of ether oxygens (including phenoxy) is 1. The Morgan fingerprint density at radius 2 is 1.58 bits per heavy atom. The normalized spacial score (nSPS) is 13.7. The number of anilines is 1. The third kappa shape index (κ3) is 10.8. The smallest absolute Gasteiger partial charge is 0.408 e. The third-order valence-electron chi connectivity index (χ3n) is 7.28. The van der Waals surface area contributed by atoms with Crippen LogP contribution in [0.5, 0.6) is 5.75 Å². The largest absolute Gasteiger partial charge is 0.508 e. The third-order valence-corrected chi connectivity index (χ3v) is 7.93. The summed E-state index contributed by atoms with van der Waals surface area (Å²) in [6.07, 6.45) is 3.14. The maximum absolute atomic E-state index is 14.6. The van der Waals surface area contributed by atoms with Gasteiger partial charge in [0.1, 0.15) is 23.4 Å². The first-order valence-electron chi connectivity index (χ1n) is 15.0. The van der Waals surface area contributed by atoms with Crippen molar-refractivity contribution < 1.29 is 24.2 Å². The van der Waals surface area contributed by atoms with E-state index in [1.54, 1.807) is 62.6 Å². The van der Waals surface area contributed by atoms with Gasteiger partial charge < -0.3 is 25.4 Å². The van der Waals surface area contributed by atoms with E-state index >= 15 is 0 Å². The molecule has 0 spiro atoms. The molecule has 0 aliphatic carbocycles. The van der Waals surface area contributed by atoms with Gasteiger partial charge in [0.25, 0.3) is 5.91 Å². The Morgan fingerprint density at radius 1 is 0.953 bits per heavy atom. The molecular weight excluding hydrogens is 562 g/mol. The molecule has 0 heterocycles. The number of carbonyl (C=O) groups excluding carboxylic acids is 3. The van der Waals surface area contributed by atoms with Crippen molar-refractivity contribution in [2.75, 3.05) is 17.3 Å². The molecule has 0 bridgehead atoms. The highest BCUT2D eigenvalue weighted by Crippen LogP contribution is 2.32. The molecule has 2 rings (SSSR count).